The minimum Gasteiger partial charge on any atom is -0.461 e. The molecule has 128 valence electrons. The lowest BCUT2D eigenvalue weighted by atomic mass is 10.2. The van der Waals surface area contributed by atoms with Crippen molar-refractivity contribution in [3.05, 3.63) is 63.0 Å². The summed E-state index contributed by atoms with van der Waals surface area (Å²) >= 11 is 1.62. The largest absolute Gasteiger partial charge is 0.461 e. The van der Waals surface area contributed by atoms with Crippen LogP contribution in [0.5, 0.6) is 0 Å². The molecule has 0 spiro atoms. The fraction of sp³-hybridized carbons (Fsp3) is 0.316. The minimum absolute atomic E-state index is 0.0414. The third-order valence-corrected chi connectivity index (χ3v) is 5.69. The Bertz CT molecular complexity index is 975. The smallest absolute Gasteiger partial charge is 0.307 e. The molecular formula is C19H18N2O3S. The molecule has 1 aliphatic rings. The molecule has 0 N–H and O–H groups in total. The number of benzene rings is 1. The average Bonchev–Trinajstić information content (AvgIpc) is 3.21. The first kappa shape index (κ1) is 16.0. The highest BCUT2D eigenvalue weighted by molar-refractivity contribution is 7.18. The molecule has 0 radical (unpaired) electrons. The van der Waals surface area contributed by atoms with Crippen LogP contribution < -0.4 is 5.56 Å². The Morgan fingerprint density at radius 2 is 2.08 bits per heavy atom. The molecule has 0 saturated heterocycles. The Morgan fingerprint density at radius 1 is 1.24 bits per heavy atom. The van der Waals surface area contributed by atoms with E-state index in [0.717, 1.165) is 35.0 Å². The molecule has 25 heavy (non-hydrogen) atoms. The van der Waals surface area contributed by atoms with Crippen molar-refractivity contribution in [3.8, 4) is 0 Å². The molecule has 0 unspecified atom stereocenters. The van der Waals surface area contributed by atoms with Gasteiger partial charge in [-0.25, -0.2) is 4.98 Å². The maximum absolute atomic E-state index is 12.7. The molecule has 2 heterocycles. The summed E-state index contributed by atoms with van der Waals surface area (Å²) in [6.45, 7) is 0.546. The van der Waals surface area contributed by atoms with Gasteiger partial charge >= 0.3 is 5.97 Å². The highest BCUT2D eigenvalue weighted by Gasteiger charge is 2.21. The van der Waals surface area contributed by atoms with Crippen LogP contribution in [0, 0.1) is 0 Å². The van der Waals surface area contributed by atoms with Crippen LogP contribution in [-0.4, -0.2) is 15.5 Å². The predicted molar refractivity (Wildman–Crippen MR) is 96.8 cm³/mol. The zero-order valence-electron chi connectivity index (χ0n) is 13.7. The standard InChI is InChI=1S/C19H18N2O3S/c22-16(24-11-13-5-2-1-3-6-13)9-10-21-12-20-18-17(19(21)23)14-7-4-8-15(14)25-18/h1-3,5-6,12H,4,7-11H2. The summed E-state index contributed by atoms with van der Waals surface area (Å²) in [4.78, 5) is 31.2. The second-order valence-electron chi connectivity index (χ2n) is 6.18. The van der Waals surface area contributed by atoms with Gasteiger partial charge in [0.2, 0.25) is 0 Å². The predicted octanol–water partition coefficient (Wildman–Crippen LogP) is 3.08. The third-order valence-electron chi connectivity index (χ3n) is 4.49. The van der Waals surface area contributed by atoms with Gasteiger partial charge in [-0.3, -0.25) is 14.2 Å². The number of nitrogens with zero attached hydrogens (tertiary/aromatic N) is 2. The van der Waals surface area contributed by atoms with Gasteiger partial charge in [0.1, 0.15) is 11.4 Å². The number of fused-ring (bicyclic) bond motifs is 3. The molecular weight excluding hydrogens is 336 g/mol. The van der Waals surface area contributed by atoms with Crippen molar-refractivity contribution in [2.45, 2.75) is 38.8 Å². The summed E-state index contributed by atoms with van der Waals surface area (Å²) in [5, 5.41) is 0.748. The second-order valence-corrected chi connectivity index (χ2v) is 7.26. The third kappa shape index (κ3) is 3.22. The molecule has 0 atom stereocenters. The molecule has 1 aromatic carbocycles. The highest BCUT2D eigenvalue weighted by atomic mass is 32.1. The lowest BCUT2D eigenvalue weighted by molar-refractivity contribution is -0.145. The quantitative estimate of drug-likeness (QED) is 0.661. The van der Waals surface area contributed by atoms with Crippen LogP contribution >= 0.6 is 11.3 Å². The summed E-state index contributed by atoms with van der Waals surface area (Å²) < 4.78 is 6.79. The summed E-state index contributed by atoms with van der Waals surface area (Å²) in [5.41, 5.74) is 2.07. The van der Waals surface area contributed by atoms with Gasteiger partial charge in [-0.15, -0.1) is 11.3 Å². The minimum atomic E-state index is -0.314. The topological polar surface area (TPSA) is 61.2 Å². The molecule has 0 amide bonds. The van der Waals surface area contributed by atoms with E-state index < -0.39 is 0 Å². The van der Waals surface area contributed by atoms with Crippen LogP contribution in [0.4, 0.5) is 0 Å². The average molecular weight is 354 g/mol. The number of ether oxygens (including phenoxy) is 1. The van der Waals surface area contributed by atoms with Crippen LogP contribution in [0.15, 0.2) is 41.5 Å². The fourth-order valence-electron chi connectivity index (χ4n) is 3.20. The molecule has 5 nitrogen and oxygen atoms in total. The van der Waals surface area contributed by atoms with Gasteiger partial charge in [-0.1, -0.05) is 30.3 Å². The van der Waals surface area contributed by atoms with E-state index in [2.05, 4.69) is 4.98 Å². The van der Waals surface area contributed by atoms with E-state index in [0.29, 0.717) is 6.54 Å². The molecule has 2 aromatic heterocycles. The number of aryl methyl sites for hydroxylation is 3. The van der Waals surface area contributed by atoms with Gasteiger partial charge in [0.25, 0.3) is 5.56 Å². The first-order valence-electron chi connectivity index (χ1n) is 8.41. The van der Waals surface area contributed by atoms with E-state index in [9.17, 15) is 9.59 Å². The SMILES string of the molecule is O=C(CCn1cnc2sc3c(c2c1=O)CCC3)OCc1ccccc1. The molecule has 0 bridgehead atoms. The number of hydrogen-bond acceptors (Lipinski definition) is 5. The number of thiophene rings is 1. The number of carbonyl (C=O) groups is 1. The van der Waals surface area contributed by atoms with Crippen molar-refractivity contribution in [2.75, 3.05) is 0 Å². The number of hydrogen-bond donors (Lipinski definition) is 0. The first-order valence-corrected chi connectivity index (χ1v) is 9.23. The van der Waals surface area contributed by atoms with E-state index in [1.807, 2.05) is 30.3 Å². The van der Waals surface area contributed by atoms with Crippen LogP contribution in [-0.2, 0) is 35.5 Å². The maximum Gasteiger partial charge on any atom is 0.307 e. The molecule has 6 heteroatoms. The van der Waals surface area contributed by atoms with Crippen molar-refractivity contribution in [1.29, 1.82) is 0 Å². The Kier molecular flexibility index (Phi) is 4.36. The van der Waals surface area contributed by atoms with E-state index >= 15 is 0 Å². The van der Waals surface area contributed by atoms with Crippen molar-refractivity contribution in [1.82, 2.24) is 9.55 Å². The van der Waals surface area contributed by atoms with Gasteiger partial charge in [0, 0.05) is 11.4 Å². The monoisotopic (exact) mass is 354 g/mol. The zero-order chi connectivity index (χ0) is 17.2. The van der Waals surface area contributed by atoms with Crippen molar-refractivity contribution in [2.24, 2.45) is 0 Å². The van der Waals surface area contributed by atoms with Crippen LogP contribution in [0.1, 0.15) is 28.8 Å². The number of esters is 1. The van der Waals surface area contributed by atoms with Gasteiger partial charge in [0.05, 0.1) is 18.1 Å². The molecule has 3 aromatic rings. The first-order chi connectivity index (χ1) is 12.2. The van der Waals surface area contributed by atoms with Crippen molar-refractivity contribution < 1.29 is 9.53 Å². The molecule has 0 saturated carbocycles. The lowest BCUT2D eigenvalue weighted by Crippen LogP contribution is -2.22. The van der Waals surface area contributed by atoms with Crippen LogP contribution in [0.25, 0.3) is 10.2 Å². The van der Waals surface area contributed by atoms with E-state index in [1.165, 1.54) is 15.0 Å². The Labute approximate surface area is 148 Å². The van der Waals surface area contributed by atoms with E-state index in [4.69, 9.17) is 4.74 Å². The van der Waals surface area contributed by atoms with Gasteiger partial charge < -0.3 is 4.74 Å². The number of aromatic nitrogens is 2. The Morgan fingerprint density at radius 3 is 2.92 bits per heavy atom. The van der Waals surface area contributed by atoms with Gasteiger partial charge in [-0.2, -0.15) is 0 Å². The van der Waals surface area contributed by atoms with Crippen LogP contribution in [0.2, 0.25) is 0 Å². The normalized spacial score (nSPS) is 13.1. The zero-order valence-corrected chi connectivity index (χ0v) is 14.6. The molecule has 4 rings (SSSR count). The molecule has 0 aliphatic heterocycles. The molecule has 0 fully saturated rings. The Hall–Kier alpha value is -2.47. The van der Waals surface area contributed by atoms with Gasteiger partial charge in [0.15, 0.2) is 0 Å². The number of rotatable bonds is 5. The summed E-state index contributed by atoms with van der Waals surface area (Å²) in [5.74, 6) is -0.314. The molecule has 1 aliphatic carbocycles. The van der Waals surface area contributed by atoms with E-state index in [-0.39, 0.29) is 24.6 Å². The summed E-state index contributed by atoms with van der Waals surface area (Å²) in [6.07, 6.45) is 4.81. The summed E-state index contributed by atoms with van der Waals surface area (Å²) in [7, 11) is 0. The maximum atomic E-state index is 12.7. The summed E-state index contributed by atoms with van der Waals surface area (Å²) in [6, 6.07) is 9.55. The highest BCUT2D eigenvalue weighted by Crippen LogP contribution is 2.34. The second kappa shape index (κ2) is 6.80. The lowest BCUT2D eigenvalue weighted by Gasteiger charge is -2.07. The number of carbonyl (C=O) groups excluding carboxylic acids is 1. The van der Waals surface area contributed by atoms with Crippen molar-refractivity contribution >= 4 is 27.5 Å². The van der Waals surface area contributed by atoms with Gasteiger partial charge in [-0.05, 0) is 30.4 Å². The van der Waals surface area contributed by atoms with E-state index in [1.54, 1.807) is 17.7 Å². The van der Waals surface area contributed by atoms with Crippen molar-refractivity contribution in [3.63, 3.8) is 0 Å². The fourth-order valence-corrected chi connectivity index (χ4v) is 4.42. The Balaban J connectivity index is 1.43. The van der Waals surface area contributed by atoms with Crippen LogP contribution in [0.3, 0.4) is 0 Å².